The second kappa shape index (κ2) is 8.74. The van der Waals surface area contributed by atoms with E-state index in [0.717, 1.165) is 23.1 Å². The number of carbonyl (C=O) groups excluding carboxylic acids is 2. The summed E-state index contributed by atoms with van der Waals surface area (Å²) in [6.45, 7) is 0.955. The fraction of sp³-hybridized carbons (Fsp3) is 0.222. The summed E-state index contributed by atoms with van der Waals surface area (Å²) in [4.78, 5) is 40.0. The smallest absolute Gasteiger partial charge is 0.335 e. The standard InChI is InChI=1S/C27H24ClN3O4/c1-30(20-12-18(25(33)34)13-21(14-20)31-11-10-29-26(31)35)24-5-3-2-4-22(24)27(16-32)15-23(27)17-6-8-19(28)9-7-17/h2-9,12-14,16,23H,10-11,15H2,1H3,(H,29,35)(H,33,34)/t23-,27+/m0/s1. The highest BCUT2D eigenvalue weighted by Gasteiger charge is 2.57. The molecule has 2 amide bonds. The number of carboxylic acid groups (broad SMARTS) is 1. The van der Waals surface area contributed by atoms with Crippen LogP contribution in [0.4, 0.5) is 21.9 Å². The summed E-state index contributed by atoms with van der Waals surface area (Å²) in [5, 5.41) is 13.1. The monoisotopic (exact) mass is 489 g/mol. The Hall–Kier alpha value is -3.84. The van der Waals surface area contributed by atoms with Gasteiger partial charge in [0.25, 0.3) is 0 Å². The molecule has 0 spiro atoms. The molecule has 3 aromatic rings. The molecular formula is C27H24ClN3O4. The molecule has 178 valence electrons. The first-order valence-electron chi connectivity index (χ1n) is 11.3. The topological polar surface area (TPSA) is 90.0 Å². The third-order valence-electron chi connectivity index (χ3n) is 6.96. The van der Waals surface area contributed by atoms with Crippen molar-refractivity contribution in [3.63, 3.8) is 0 Å². The second-order valence-corrected chi connectivity index (χ2v) is 9.41. The summed E-state index contributed by atoms with van der Waals surface area (Å²) < 4.78 is 0. The van der Waals surface area contributed by atoms with Crippen LogP contribution in [0.2, 0.25) is 5.02 Å². The van der Waals surface area contributed by atoms with Gasteiger partial charge in [0.1, 0.15) is 6.29 Å². The largest absolute Gasteiger partial charge is 0.478 e. The number of nitrogens with zero attached hydrogens (tertiary/aromatic N) is 2. The lowest BCUT2D eigenvalue weighted by atomic mass is 9.90. The molecule has 2 fully saturated rings. The molecule has 0 aromatic heterocycles. The number of para-hydroxylation sites is 1. The van der Waals surface area contributed by atoms with Crippen LogP contribution in [0.5, 0.6) is 0 Å². The van der Waals surface area contributed by atoms with Crippen molar-refractivity contribution in [1.82, 2.24) is 5.32 Å². The molecule has 1 saturated carbocycles. The minimum absolute atomic E-state index is 0.0287. The molecule has 8 heteroatoms. The number of urea groups is 1. The van der Waals surface area contributed by atoms with Crippen molar-refractivity contribution in [1.29, 1.82) is 0 Å². The fourth-order valence-corrected chi connectivity index (χ4v) is 5.09. The number of rotatable bonds is 7. The average molecular weight is 490 g/mol. The van der Waals surface area contributed by atoms with E-state index in [1.807, 2.05) is 60.5 Å². The zero-order valence-electron chi connectivity index (χ0n) is 19.1. The molecule has 0 unspecified atom stereocenters. The van der Waals surface area contributed by atoms with Gasteiger partial charge < -0.3 is 20.1 Å². The van der Waals surface area contributed by atoms with Crippen LogP contribution in [0, 0.1) is 0 Å². The summed E-state index contributed by atoms with van der Waals surface area (Å²) in [6.07, 6.45) is 1.70. The Morgan fingerprint density at radius 3 is 2.57 bits per heavy atom. The lowest BCUT2D eigenvalue weighted by molar-refractivity contribution is -0.110. The minimum Gasteiger partial charge on any atom is -0.478 e. The number of nitrogens with one attached hydrogen (secondary N) is 1. The first-order valence-corrected chi connectivity index (χ1v) is 11.7. The van der Waals surface area contributed by atoms with Gasteiger partial charge in [0, 0.05) is 48.1 Å². The van der Waals surface area contributed by atoms with E-state index in [0.29, 0.717) is 35.9 Å². The van der Waals surface area contributed by atoms with Crippen LogP contribution in [0.1, 0.15) is 33.8 Å². The van der Waals surface area contributed by atoms with Gasteiger partial charge in [-0.2, -0.15) is 0 Å². The lowest BCUT2D eigenvalue weighted by Gasteiger charge is -2.27. The molecule has 1 heterocycles. The zero-order chi connectivity index (χ0) is 24.7. The number of hydrogen-bond acceptors (Lipinski definition) is 4. The highest BCUT2D eigenvalue weighted by atomic mass is 35.5. The van der Waals surface area contributed by atoms with Gasteiger partial charge in [-0.1, -0.05) is 41.9 Å². The van der Waals surface area contributed by atoms with E-state index >= 15 is 0 Å². The molecule has 2 atom stereocenters. The number of benzene rings is 3. The molecule has 1 aliphatic carbocycles. The van der Waals surface area contributed by atoms with Crippen LogP contribution < -0.4 is 15.1 Å². The van der Waals surface area contributed by atoms with Gasteiger partial charge in [0.05, 0.1) is 11.0 Å². The molecule has 2 aliphatic rings. The number of aldehydes is 1. The molecule has 2 N–H and O–H groups in total. The van der Waals surface area contributed by atoms with Gasteiger partial charge in [-0.05, 0) is 53.9 Å². The van der Waals surface area contributed by atoms with Gasteiger partial charge >= 0.3 is 12.0 Å². The van der Waals surface area contributed by atoms with Crippen molar-refractivity contribution in [3.05, 3.63) is 88.4 Å². The molecule has 0 bridgehead atoms. The van der Waals surface area contributed by atoms with Crippen LogP contribution in [0.3, 0.4) is 0 Å². The van der Waals surface area contributed by atoms with E-state index in [4.69, 9.17) is 11.6 Å². The highest BCUT2D eigenvalue weighted by molar-refractivity contribution is 6.30. The van der Waals surface area contributed by atoms with Crippen molar-refractivity contribution >= 4 is 46.9 Å². The molecule has 35 heavy (non-hydrogen) atoms. The molecule has 3 aromatic carbocycles. The van der Waals surface area contributed by atoms with E-state index in [1.54, 1.807) is 12.1 Å². The van der Waals surface area contributed by atoms with Crippen molar-refractivity contribution in [2.24, 2.45) is 0 Å². The van der Waals surface area contributed by atoms with Gasteiger partial charge in [-0.3, -0.25) is 4.90 Å². The third kappa shape index (κ3) is 4.02. The van der Waals surface area contributed by atoms with Gasteiger partial charge in [-0.15, -0.1) is 0 Å². The van der Waals surface area contributed by atoms with Gasteiger partial charge in [0.15, 0.2) is 0 Å². The van der Waals surface area contributed by atoms with Crippen molar-refractivity contribution in [3.8, 4) is 0 Å². The maximum Gasteiger partial charge on any atom is 0.335 e. The summed E-state index contributed by atoms with van der Waals surface area (Å²) in [5.41, 5.74) is 3.24. The Bertz CT molecular complexity index is 1330. The third-order valence-corrected chi connectivity index (χ3v) is 7.21. The van der Waals surface area contributed by atoms with Crippen molar-refractivity contribution < 1.29 is 19.5 Å². The Morgan fingerprint density at radius 1 is 1.17 bits per heavy atom. The number of hydrogen-bond donors (Lipinski definition) is 2. The predicted octanol–water partition coefficient (Wildman–Crippen LogP) is 4.96. The maximum absolute atomic E-state index is 12.5. The van der Waals surface area contributed by atoms with Crippen molar-refractivity contribution in [2.75, 3.05) is 29.9 Å². The van der Waals surface area contributed by atoms with Gasteiger partial charge in [-0.25, -0.2) is 9.59 Å². The second-order valence-electron chi connectivity index (χ2n) is 8.97. The van der Waals surface area contributed by atoms with Crippen LogP contribution in [0.25, 0.3) is 0 Å². The first kappa shape index (κ1) is 22.9. The van der Waals surface area contributed by atoms with E-state index in [-0.39, 0.29) is 17.5 Å². The van der Waals surface area contributed by atoms with E-state index in [2.05, 4.69) is 5.32 Å². The Morgan fingerprint density at radius 2 is 1.91 bits per heavy atom. The number of amides is 2. The first-order chi connectivity index (χ1) is 16.8. The summed E-state index contributed by atoms with van der Waals surface area (Å²) in [5.74, 6) is -1.05. The molecule has 1 saturated heterocycles. The highest BCUT2D eigenvalue weighted by Crippen LogP contribution is 2.61. The van der Waals surface area contributed by atoms with Crippen LogP contribution in [-0.2, 0) is 10.2 Å². The summed E-state index contributed by atoms with van der Waals surface area (Å²) >= 11 is 6.05. The van der Waals surface area contributed by atoms with E-state index in [9.17, 15) is 19.5 Å². The minimum atomic E-state index is -1.08. The summed E-state index contributed by atoms with van der Waals surface area (Å²) in [7, 11) is 1.84. The zero-order valence-corrected chi connectivity index (χ0v) is 19.8. The van der Waals surface area contributed by atoms with E-state index < -0.39 is 11.4 Å². The Balaban J connectivity index is 1.55. The molecule has 0 radical (unpaired) electrons. The summed E-state index contributed by atoms with van der Waals surface area (Å²) in [6, 6.07) is 19.9. The van der Waals surface area contributed by atoms with Crippen molar-refractivity contribution in [2.45, 2.75) is 17.8 Å². The number of carbonyl (C=O) groups is 3. The van der Waals surface area contributed by atoms with E-state index in [1.165, 1.54) is 11.0 Å². The maximum atomic E-state index is 12.5. The normalized spacial score (nSPS) is 20.9. The van der Waals surface area contributed by atoms with Crippen LogP contribution >= 0.6 is 11.6 Å². The number of halogens is 1. The van der Waals surface area contributed by atoms with Crippen LogP contribution in [0.15, 0.2) is 66.7 Å². The Labute approximate surface area is 207 Å². The SMILES string of the molecule is CN(c1cc(C(=O)O)cc(N2CCNC2=O)c1)c1ccccc1[C@]1(C=O)C[C@H]1c1ccc(Cl)cc1. The van der Waals surface area contributed by atoms with Crippen LogP contribution in [-0.4, -0.2) is 43.5 Å². The molecular weight excluding hydrogens is 466 g/mol. The predicted molar refractivity (Wildman–Crippen MR) is 135 cm³/mol. The lowest BCUT2D eigenvalue weighted by Crippen LogP contribution is -2.28. The number of anilines is 3. The fourth-order valence-electron chi connectivity index (χ4n) is 4.97. The molecule has 7 nitrogen and oxygen atoms in total. The number of aromatic carboxylic acids is 1. The average Bonchev–Trinajstić information content (AvgIpc) is 3.47. The quantitative estimate of drug-likeness (QED) is 0.458. The van der Waals surface area contributed by atoms with Gasteiger partial charge in [0.2, 0.25) is 0 Å². The number of carboxylic acids is 1. The molecule has 5 rings (SSSR count). The molecule has 1 aliphatic heterocycles. The Kier molecular flexibility index (Phi) is 5.73.